The summed E-state index contributed by atoms with van der Waals surface area (Å²) in [6.07, 6.45) is 0. The van der Waals surface area contributed by atoms with E-state index in [9.17, 15) is 0 Å². The fourth-order valence-electron chi connectivity index (χ4n) is 1.06. The summed E-state index contributed by atoms with van der Waals surface area (Å²) in [4.78, 5) is 6.39. The Morgan fingerprint density at radius 3 is 1.61 bits per heavy atom. The zero-order valence-corrected chi connectivity index (χ0v) is 15.1. The van der Waals surface area contributed by atoms with Gasteiger partial charge in [-0.1, -0.05) is 5.69 Å². The quantitative estimate of drug-likeness (QED) is 0.490. The van der Waals surface area contributed by atoms with Crippen LogP contribution in [0.2, 0.25) is 0 Å². The first-order chi connectivity index (χ1) is 7.93. The molecule has 0 spiro atoms. The van der Waals surface area contributed by atoms with Crippen LogP contribution in [0.4, 0.5) is 5.69 Å². The molecule has 1 aromatic carbocycles. The van der Waals surface area contributed by atoms with Crippen molar-refractivity contribution in [3.63, 3.8) is 0 Å². The summed E-state index contributed by atoms with van der Waals surface area (Å²) in [6.45, 7) is 2.29. The van der Waals surface area contributed by atoms with Gasteiger partial charge in [-0.3, -0.25) is 0 Å². The molecule has 1 aromatic rings. The fourth-order valence-corrected chi connectivity index (χ4v) is 1.06. The van der Waals surface area contributed by atoms with Crippen LogP contribution in [0.1, 0.15) is 0 Å². The molecule has 18 heavy (non-hydrogen) atoms. The zero-order chi connectivity index (χ0) is 13.3. The summed E-state index contributed by atoms with van der Waals surface area (Å²) in [5.41, 5.74) is 1.12. The number of anilines is 1. The van der Waals surface area contributed by atoms with Gasteiger partial charge in [0.15, 0.2) is 0 Å². The molecule has 0 bridgehead atoms. The normalized spacial score (nSPS) is 9.56. The standard InChI is InChI=1S/C8H10N.C6H16N2.Na/c1-9(2)8-6-4-3-5-7-8;1-7(2)5-6-8(3)4;/h3-6H,1-2H3;5-6H2,1-4H3;/q-1;;+1. The zero-order valence-electron chi connectivity index (χ0n) is 13.1. The molecule has 1 rings (SSSR count). The van der Waals surface area contributed by atoms with Crippen LogP contribution in [-0.2, 0) is 0 Å². The first-order valence-corrected chi connectivity index (χ1v) is 5.87. The number of para-hydroxylation sites is 1. The number of nitrogens with zero attached hydrogens (tertiary/aromatic N) is 3. The maximum atomic E-state index is 3.09. The van der Waals surface area contributed by atoms with Crippen LogP contribution < -0.4 is 34.5 Å². The van der Waals surface area contributed by atoms with Gasteiger partial charge in [0.2, 0.25) is 0 Å². The first-order valence-electron chi connectivity index (χ1n) is 5.87. The second kappa shape index (κ2) is 12.0. The van der Waals surface area contributed by atoms with Crippen LogP contribution in [0.25, 0.3) is 0 Å². The topological polar surface area (TPSA) is 9.72 Å². The molecule has 0 radical (unpaired) electrons. The Bertz CT molecular complexity index is 266. The molecule has 3 nitrogen and oxygen atoms in total. The van der Waals surface area contributed by atoms with Crippen molar-refractivity contribution in [1.29, 1.82) is 0 Å². The molecular weight excluding hydrogens is 233 g/mol. The Balaban J connectivity index is 0. The average Bonchev–Trinajstić information content (AvgIpc) is 2.28. The molecule has 0 amide bonds. The van der Waals surface area contributed by atoms with Gasteiger partial charge in [-0.25, -0.2) is 0 Å². The number of benzene rings is 1. The Hall–Kier alpha value is -0.0600. The van der Waals surface area contributed by atoms with Crippen molar-refractivity contribution in [2.75, 3.05) is 60.3 Å². The number of hydrogen-bond donors (Lipinski definition) is 0. The number of rotatable bonds is 4. The van der Waals surface area contributed by atoms with Gasteiger partial charge in [0, 0.05) is 27.2 Å². The molecule has 0 atom stereocenters. The number of likely N-dealkylation sites (N-methyl/N-ethyl adjacent to an activating group) is 2. The summed E-state index contributed by atoms with van der Waals surface area (Å²) >= 11 is 0. The Morgan fingerprint density at radius 2 is 1.39 bits per heavy atom. The molecule has 0 aliphatic heterocycles. The van der Waals surface area contributed by atoms with Crippen molar-refractivity contribution >= 4 is 5.69 Å². The second-order valence-corrected chi connectivity index (χ2v) is 4.75. The molecule has 0 N–H and O–H groups in total. The van der Waals surface area contributed by atoms with Crippen LogP contribution in [0.3, 0.4) is 0 Å². The Morgan fingerprint density at radius 1 is 0.889 bits per heavy atom. The van der Waals surface area contributed by atoms with E-state index in [1.165, 1.54) is 0 Å². The minimum atomic E-state index is 0. The van der Waals surface area contributed by atoms with Crippen LogP contribution in [0, 0.1) is 6.07 Å². The van der Waals surface area contributed by atoms with E-state index in [2.05, 4.69) is 44.1 Å². The van der Waals surface area contributed by atoms with Crippen molar-refractivity contribution in [2.45, 2.75) is 0 Å². The molecule has 0 heterocycles. The van der Waals surface area contributed by atoms with Crippen molar-refractivity contribution in [1.82, 2.24) is 9.80 Å². The minimum absolute atomic E-state index is 0. The smallest absolute Gasteiger partial charge is 0.400 e. The molecule has 0 fully saturated rings. The van der Waals surface area contributed by atoms with E-state index < -0.39 is 0 Å². The van der Waals surface area contributed by atoms with Crippen LogP contribution in [0.5, 0.6) is 0 Å². The van der Waals surface area contributed by atoms with Crippen LogP contribution >= 0.6 is 0 Å². The van der Waals surface area contributed by atoms with Crippen molar-refractivity contribution in [3.05, 3.63) is 30.3 Å². The monoisotopic (exact) mass is 259 g/mol. The molecule has 0 saturated carbocycles. The average molecular weight is 259 g/mol. The predicted molar refractivity (Wildman–Crippen MR) is 76.7 cm³/mol. The summed E-state index contributed by atoms with van der Waals surface area (Å²) in [5.74, 6) is 0. The molecule has 4 heteroatoms. The van der Waals surface area contributed by atoms with Gasteiger partial charge >= 0.3 is 29.6 Å². The predicted octanol–water partition coefficient (Wildman–Crippen LogP) is -1.33. The summed E-state index contributed by atoms with van der Waals surface area (Å²) in [6, 6.07) is 11.0. The number of hydrogen-bond acceptors (Lipinski definition) is 3. The Kier molecular flexibility index (Phi) is 13.5. The van der Waals surface area contributed by atoms with E-state index in [4.69, 9.17) is 0 Å². The molecule has 0 unspecified atom stereocenters. The molecule has 0 saturated heterocycles. The third-order valence-electron chi connectivity index (χ3n) is 2.17. The largest absolute Gasteiger partial charge is 1.00 e. The van der Waals surface area contributed by atoms with Gasteiger partial charge < -0.3 is 14.7 Å². The third kappa shape index (κ3) is 12.4. The van der Waals surface area contributed by atoms with Crippen molar-refractivity contribution in [3.8, 4) is 0 Å². The minimum Gasteiger partial charge on any atom is -0.400 e. The van der Waals surface area contributed by atoms with Crippen molar-refractivity contribution in [2.24, 2.45) is 0 Å². The van der Waals surface area contributed by atoms with Crippen molar-refractivity contribution < 1.29 is 29.6 Å². The summed E-state index contributed by atoms with van der Waals surface area (Å²) in [5, 5.41) is 0. The van der Waals surface area contributed by atoms with E-state index in [1.54, 1.807) is 0 Å². The molecular formula is C14H26N3Na. The fraction of sp³-hybridized carbons (Fsp3) is 0.571. The van der Waals surface area contributed by atoms with Gasteiger partial charge in [0.25, 0.3) is 0 Å². The van der Waals surface area contributed by atoms with Gasteiger partial charge in [-0.05, 0) is 28.2 Å². The Labute approximate surface area is 135 Å². The molecule has 98 valence electrons. The van der Waals surface area contributed by atoms with Gasteiger partial charge in [-0.2, -0.15) is 24.3 Å². The van der Waals surface area contributed by atoms with Gasteiger partial charge in [0.1, 0.15) is 0 Å². The summed E-state index contributed by atoms with van der Waals surface area (Å²) < 4.78 is 0. The second-order valence-electron chi connectivity index (χ2n) is 4.75. The first kappa shape index (κ1) is 20.3. The van der Waals surface area contributed by atoms with Gasteiger partial charge in [0.05, 0.1) is 0 Å². The van der Waals surface area contributed by atoms with Crippen LogP contribution in [-0.4, -0.2) is 65.2 Å². The van der Waals surface area contributed by atoms with E-state index in [1.807, 2.05) is 43.3 Å². The van der Waals surface area contributed by atoms with E-state index in [0.29, 0.717) is 0 Å². The maximum absolute atomic E-state index is 3.09. The van der Waals surface area contributed by atoms with E-state index in [-0.39, 0.29) is 29.6 Å². The molecule has 0 aromatic heterocycles. The maximum Gasteiger partial charge on any atom is 1.00 e. The SMILES string of the molecule is CN(C)CCN(C)C.CN(C)c1[c-]cccc1.[Na+]. The molecule has 0 aliphatic carbocycles. The summed E-state index contributed by atoms with van der Waals surface area (Å²) in [7, 11) is 12.4. The molecule has 0 aliphatic rings. The van der Waals surface area contributed by atoms with E-state index in [0.717, 1.165) is 18.8 Å². The van der Waals surface area contributed by atoms with Gasteiger partial charge in [-0.15, -0.1) is 6.07 Å². The van der Waals surface area contributed by atoms with Crippen LogP contribution in [0.15, 0.2) is 24.3 Å². The third-order valence-corrected chi connectivity index (χ3v) is 2.17. The van der Waals surface area contributed by atoms with E-state index >= 15 is 0 Å².